The zero-order valence-corrected chi connectivity index (χ0v) is 15.7. The number of methoxy groups -OCH3 is 1. The van der Waals surface area contributed by atoms with Gasteiger partial charge in [-0.1, -0.05) is 11.6 Å². The molecule has 27 heavy (non-hydrogen) atoms. The van der Waals surface area contributed by atoms with E-state index >= 15 is 0 Å². The first-order valence-electron chi connectivity index (χ1n) is 8.31. The minimum atomic E-state index is -0.551. The maximum atomic E-state index is 12.2. The Morgan fingerprint density at radius 3 is 2.89 bits per heavy atom. The van der Waals surface area contributed by atoms with Crippen molar-refractivity contribution >= 4 is 40.3 Å². The van der Waals surface area contributed by atoms with Crippen molar-refractivity contribution in [1.29, 1.82) is 0 Å². The van der Waals surface area contributed by atoms with Crippen LogP contribution in [0, 0.1) is 0 Å². The molecule has 2 amide bonds. The van der Waals surface area contributed by atoms with Gasteiger partial charge in [-0.3, -0.25) is 0 Å². The van der Waals surface area contributed by atoms with Crippen molar-refractivity contribution < 1.29 is 14.3 Å². The van der Waals surface area contributed by atoms with Crippen molar-refractivity contribution in [2.45, 2.75) is 6.42 Å². The highest BCUT2D eigenvalue weighted by Gasteiger charge is 2.14. The van der Waals surface area contributed by atoms with Gasteiger partial charge in [-0.15, -0.1) is 0 Å². The number of carbonyl (C=O) groups excluding carboxylic acids is 2. The number of urea groups is 1. The Labute approximate surface area is 161 Å². The fraction of sp³-hybridized carbons (Fsp3) is 0.211. The van der Waals surface area contributed by atoms with Crippen LogP contribution in [0.15, 0.2) is 42.7 Å². The SMILES string of the molecule is COC(=O)c1ccc(Cl)cc1NC(=O)NCCc1cn(C)c2ncccc12. The lowest BCUT2D eigenvalue weighted by Gasteiger charge is -2.11. The van der Waals surface area contributed by atoms with Crippen molar-refractivity contribution in [2.24, 2.45) is 7.05 Å². The van der Waals surface area contributed by atoms with Gasteiger partial charge in [-0.05, 0) is 42.3 Å². The van der Waals surface area contributed by atoms with Gasteiger partial charge in [0.15, 0.2) is 0 Å². The second-order valence-electron chi connectivity index (χ2n) is 5.95. The Morgan fingerprint density at radius 1 is 1.30 bits per heavy atom. The number of rotatable bonds is 5. The standard InChI is InChI=1S/C19H19ClN4O3/c1-24-11-12(14-4-3-8-21-17(14)24)7-9-22-19(26)23-16-10-13(20)5-6-15(16)18(25)27-2/h3-6,8,10-11H,7,9H2,1-2H3,(H2,22,23,26). The molecule has 0 fully saturated rings. The number of hydrogen-bond acceptors (Lipinski definition) is 4. The van der Waals surface area contributed by atoms with Gasteiger partial charge < -0.3 is 19.9 Å². The van der Waals surface area contributed by atoms with Crippen LogP contribution in [-0.2, 0) is 18.2 Å². The second-order valence-corrected chi connectivity index (χ2v) is 6.39. The lowest BCUT2D eigenvalue weighted by Crippen LogP contribution is -2.31. The Kier molecular flexibility index (Phi) is 5.61. The third kappa shape index (κ3) is 4.20. The van der Waals surface area contributed by atoms with Crippen LogP contribution in [0.5, 0.6) is 0 Å². The van der Waals surface area contributed by atoms with E-state index in [0.29, 0.717) is 23.7 Å². The Bertz CT molecular complexity index is 1000. The minimum absolute atomic E-state index is 0.233. The summed E-state index contributed by atoms with van der Waals surface area (Å²) in [6.45, 7) is 0.425. The Hall–Kier alpha value is -3.06. The van der Waals surface area contributed by atoms with E-state index in [-0.39, 0.29) is 5.56 Å². The van der Waals surface area contributed by atoms with Gasteiger partial charge in [0.05, 0.1) is 18.4 Å². The molecule has 0 unspecified atom stereocenters. The second kappa shape index (κ2) is 8.09. The van der Waals surface area contributed by atoms with Crippen LogP contribution < -0.4 is 10.6 Å². The molecule has 0 aliphatic rings. The number of amides is 2. The Morgan fingerprint density at radius 2 is 2.11 bits per heavy atom. The molecule has 1 aromatic carbocycles. The highest BCUT2D eigenvalue weighted by atomic mass is 35.5. The molecule has 0 atom stereocenters. The number of nitrogens with one attached hydrogen (secondary N) is 2. The molecule has 0 saturated carbocycles. The zero-order valence-electron chi connectivity index (χ0n) is 15.0. The summed E-state index contributed by atoms with van der Waals surface area (Å²) in [5.41, 5.74) is 2.52. The predicted octanol–water partition coefficient (Wildman–Crippen LogP) is 3.38. The number of aryl methyl sites for hydroxylation is 1. The largest absolute Gasteiger partial charge is 0.465 e. The molecule has 0 saturated heterocycles. The van der Waals surface area contributed by atoms with Crippen molar-refractivity contribution in [3.05, 3.63) is 58.9 Å². The number of esters is 1. The maximum absolute atomic E-state index is 12.2. The summed E-state index contributed by atoms with van der Waals surface area (Å²) in [6, 6.07) is 8.04. The fourth-order valence-corrected chi connectivity index (χ4v) is 3.05. The van der Waals surface area contributed by atoms with Crippen LogP contribution in [0.3, 0.4) is 0 Å². The number of anilines is 1. The van der Waals surface area contributed by atoms with E-state index in [4.69, 9.17) is 16.3 Å². The quantitative estimate of drug-likeness (QED) is 0.658. The number of pyridine rings is 1. The number of benzene rings is 1. The molecular formula is C19H19ClN4O3. The maximum Gasteiger partial charge on any atom is 0.339 e. The monoisotopic (exact) mass is 386 g/mol. The van der Waals surface area contributed by atoms with Crippen LogP contribution in [0.2, 0.25) is 5.02 Å². The molecule has 8 heteroatoms. The van der Waals surface area contributed by atoms with E-state index in [9.17, 15) is 9.59 Å². The molecule has 0 aliphatic heterocycles. The normalized spacial score (nSPS) is 10.6. The number of ether oxygens (including phenoxy) is 1. The van der Waals surface area contributed by atoms with Crippen LogP contribution in [0.4, 0.5) is 10.5 Å². The van der Waals surface area contributed by atoms with E-state index in [2.05, 4.69) is 15.6 Å². The molecular weight excluding hydrogens is 368 g/mol. The molecule has 140 valence electrons. The van der Waals surface area contributed by atoms with Crippen LogP contribution in [-0.4, -0.2) is 35.2 Å². The average Bonchev–Trinajstić information content (AvgIpc) is 2.97. The van der Waals surface area contributed by atoms with Crippen LogP contribution in [0.25, 0.3) is 11.0 Å². The number of hydrogen-bond donors (Lipinski definition) is 2. The van der Waals surface area contributed by atoms with Gasteiger partial charge in [0.25, 0.3) is 0 Å². The van der Waals surface area contributed by atoms with E-state index in [0.717, 1.165) is 16.6 Å². The highest BCUT2D eigenvalue weighted by molar-refractivity contribution is 6.31. The molecule has 0 aliphatic carbocycles. The molecule has 2 N–H and O–H groups in total. The molecule has 2 heterocycles. The first kappa shape index (κ1) is 18.7. The summed E-state index contributed by atoms with van der Waals surface area (Å²) in [5.74, 6) is -0.551. The summed E-state index contributed by atoms with van der Waals surface area (Å²) >= 11 is 5.96. The number of fused-ring (bicyclic) bond motifs is 1. The summed E-state index contributed by atoms with van der Waals surface area (Å²) in [4.78, 5) is 28.4. The average molecular weight is 387 g/mol. The molecule has 0 radical (unpaired) electrons. The topological polar surface area (TPSA) is 85.2 Å². The fourth-order valence-electron chi connectivity index (χ4n) is 2.88. The number of carbonyl (C=O) groups is 2. The summed E-state index contributed by atoms with van der Waals surface area (Å²) in [5, 5.41) is 6.89. The van der Waals surface area contributed by atoms with E-state index < -0.39 is 12.0 Å². The molecule has 0 spiro atoms. The molecule has 0 bridgehead atoms. The van der Waals surface area contributed by atoms with Crippen molar-refractivity contribution in [3.8, 4) is 0 Å². The summed E-state index contributed by atoms with van der Waals surface area (Å²) in [7, 11) is 3.21. The van der Waals surface area contributed by atoms with Gasteiger partial charge in [0, 0.05) is 36.4 Å². The predicted molar refractivity (Wildman–Crippen MR) is 104 cm³/mol. The summed E-state index contributed by atoms with van der Waals surface area (Å²) < 4.78 is 6.68. The van der Waals surface area contributed by atoms with Crippen molar-refractivity contribution in [1.82, 2.24) is 14.9 Å². The molecule has 3 aromatic rings. The third-order valence-corrected chi connectivity index (χ3v) is 4.37. The molecule has 2 aromatic heterocycles. The minimum Gasteiger partial charge on any atom is -0.465 e. The van der Waals surface area contributed by atoms with Gasteiger partial charge in [0.2, 0.25) is 0 Å². The van der Waals surface area contributed by atoms with Gasteiger partial charge in [-0.2, -0.15) is 0 Å². The first-order chi connectivity index (χ1) is 13.0. The van der Waals surface area contributed by atoms with Gasteiger partial charge in [-0.25, -0.2) is 14.6 Å². The van der Waals surface area contributed by atoms with E-state index in [1.807, 2.05) is 29.9 Å². The Balaban J connectivity index is 1.63. The van der Waals surface area contributed by atoms with Gasteiger partial charge >= 0.3 is 12.0 Å². The number of aromatic nitrogens is 2. The van der Waals surface area contributed by atoms with E-state index in [1.165, 1.54) is 19.2 Å². The van der Waals surface area contributed by atoms with Gasteiger partial charge in [0.1, 0.15) is 5.65 Å². The van der Waals surface area contributed by atoms with Crippen LogP contribution in [0.1, 0.15) is 15.9 Å². The van der Waals surface area contributed by atoms with Crippen molar-refractivity contribution in [2.75, 3.05) is 19.0 Å². The number of nitrogens with zero attached hydrogens (tertiary/aromatic N) is 2. The lowest BCUT2D eigenvalue weighted by atomic mass is 10.1. The lowest BCUT2D eigenvalue weighted by molar-refractivity contribution is 0.0602. The molecule has 7 nitrogen and oxygen atoms in total. The number of halogens is 1. The third-order valence-electron chi connectivity index (χ3n) is 4.13. The smallest absolute Gasteiger partial charge is 0.339 e. The van der Waals surface area contributed by atoms with Crippen LogP contribution >= 0.6 is 11.6 Å². The highest BCUT2D eigenvalue weighted by Crippen LogP contribution is 2.22. The van der Waals surface area contributed by atoms with E-state index in [1.54, 1.807) is 12.3 Å². The summed E-state index contributed by atoms with van der Waals surface area (Å²) in [6.07, 6.45) is 4.40. The zero-order chi connectivity index (χ0) is 19.4. The van der Waals surface area contributed by atoms with Crippen molar-refractivity contribution in [3.63, 3.8) is 0 Å². The first-order valence-corrected chi connectivity index (χ1v) is 8.69. The molecule has 3 rings (SSSR count).